The number of hydrogen-bond acceptors (Lipinski definition) is 4. The number of aliphatic hydroxyl groups is 1. The molecule has 0 amide bonds. The van der Waals surface area contributed by atoms with Crippen LogP contribution < -0.4 is 10.5 Å². The largest absolute Gasteiger partial charge is 0.496 e. The fourth-order valence-electron chi connectivity index (χ4n) is 2.05. The van der Waals surface area contributed by atoms with E-state index in [9.17, 15) is 5.11 Å². The fraction of sp³-hybridized carbons (Fsp3) is 0.286. The Balaban J connectivity index is 2.34. The van der Waals surface area contributed by atoms with Crippen LogP contribution >= 0.6 is 22.9 Å². The maximum Gasteiger partial charge on any atom is 0.126 e. The molecule has 0 radical (unpaired) electrons. The van der Waals surface area contributed by atoms with Gasteiger partial charge in [0.05, 0.1) is 13.2 Å². The molecule has 0 aliphatic carbocycles. The smallest absolute Gasteiger partial charge is 0.126 e. The van der Waals surface area contributed by atoms with Gasteiger partial charge in [-0.1, -0.05) is 23.7 Å². The van der Waals surface area contributed by atoms with E-state index in [0.717, 1.165) is 4.88 Å². The lowest BCUT2D eigenvalue weighted by Gasteiger charge is -2.22. The Labute approximate surface area is 121 Å². The normalized spacial score (nSPS) is 14.1. The molecular formula is C14H16ClNO2S. The van der Waals surface area contributed by atoms with E-state index in [0.29, 0.717) is 22.9 Å². The molecule has 0 aliphatic heterocycles. The highest BCUT2D eigenvalue weighted by molar-refractivity contribution is 7.10. The summed E-state index contributed by atoms with van der Waals surface area (Å²) in [6, 6.07) is 9.15. The first-order chi connectivity index (χ1) is 9.17. The summed E-state index contributed by atoms with van der Waals surface area (Å²) in [5.41, 5.74) is 6.51. The molecule has 2 aromatic rings. The van der Waals surface area contributed by atoms with Gasteiger partial charge >= 0.3 is 0 Å². The zero-order chi connectivity index (χ0) is 13.8. The van der Waals surface area contributed by atoms with E-state index in [2.05, 4.69) is 0 Å². The highest BCUT2D eigenvalue weighted by Crippen LogP contribution is 2.37. The minimum Gasteiger partial charge on any atom is -0.496 e. The molecule has 3 nitrogen and oxygen atoms in total. The van der Waals surface area contributed by atoms with Crippen LogP contribution in [-0.2, 0) is 0 Å². The van der Waals surface area contributed by atoms with Crippen molar-refractivity contribution in [3.63, 3.8) is 0 Å². The fourth-order valence-corrected chi connectivity index (χ4v) is 3.08. The molecule has 0 saturated heterocycles. The molecular weight excluding hydrogens is 282 g/mol. The van der Waals surface area contributed by atoms with E-state index >= 15 is 0 Å². The zero-order valence-corrected chi connectivity index (χ0v) is 12.1. The van der Waals surface area contributed by atoms with Crippen LogP contribution in [0.1, 0.15) is 22.5 Å². The van der Waals surface area contributed by atoms with Gasteiger partial charge in [0.2, 0.25) is 0 Å². The maximum absolute atomic E-state index is 10.6. The van der Waals surface area contributed by atoms with Crippen molar-refractivity contribution in [3.8, 4) is 5.75 Å². The Morgan fingerprint density at radius 1 is 1.42 bits per heavy atom. The molecule has 2 atom stereocenters. The SMILES string of the molecule is COc1cc(Cl)ccc1C(O)C(CN)c1cccs1. The minimum absolute atomic E-state index is 0.143. The summed E-state index contributed by atoms with van der Waals surface area (Å²) < 4.78 is 5.28. The zero-order valence-electron chi connectivity index (χ0n) is 10.5. The van der Waals surface area contributed by atoms with Gasteiger partial charge in [-0.15, -0.1) is 11.3 Å². The van der Waals surface area contributed by atoms with Crippen LogP contribution in [0.15, 0.2) is 35.7 Å². The van der Waals surface area contributed by atoms with Crippen LogP contribution in [0.2, 0.25) is 5.02 Å². The first kappa shape index (κ1) is 14.3. The lowest BCUT2D eigenvalue weighted by atomic mass is 9.93. The summed E-state index contributed by atoms with van der Waals surface area (Å²) in [6.07, 6.45) is -0.712. The second-order valence-corrected chi connectivity index (χ2v) is 5.60. The molecule has 0 aliphatic rings. The Bertz CT molecular complexity index is 530. The molecule has 0 fully saturated rings. The Morgan fingerprint density at radius 2 is 2.21 bits per heavy atom. The number of aliphatic hydroxyl groups excluding tert-OH is 1. The van der Waals surface area contributed by atoms with Gasteiger partial charge in [-0.25, -0.2) is 0 Å². The number of methoxy groups -OCH3 is 1. The second-order valence-electron chi connectivity index (χ2n) is 4.19. The van der Waals surface area contributed by atoms with Crippen LogP contribution in [0, 0.1) is 0 Å². The third-order valence-electron chi connectivity index (χ3n) is 3.06. The molecule has 5 heteroatoms. The number of hydrogen-bond donors (Lipinski definition) is 2. The number of benzene rings is 1. The van der Waals surface area contributed by atoms with Gasteiger partial charge < -0.3 is 15.6 Å². The van der Waals surface area contributed by atoms with Gasteiger partial charge in [0, 0.05) is 27.9 Å². The Kier molecular flexibility index (Phi) is 4.82. The van der Waals surface area contributed by atoms with Crippen LogP contribution in [0.3, 0.4) is 0 Å². The molecule has 102 valence electrons. The van der Waals surface area contributed by atoms with Crippen molar-refractivity contribution in [1.29, 1.82) is 0 Å². The minimum atomic E-state index is -0.712. The first-order valence-electron chi connectivity index (χ1n) is 5.92. The monoisotopic (exact) mass is 297 g/mol. The van der Waals surface area contributed by atoms with Crippen molar-refractivity contribution in [1.82, 2.24) is 0 Å². The number of thiophene rings is 1. The summed E-state index contributed by atoms with van der Waals surface area (Å²) in [5.74, 6) is 0.435. The maximum atomic E-state index is 10.6. The van der Waals surface area contributed by atoms with E-state index < -0.39 is 6.10 Å². The van der Waals surface area contributed by atoms with Gasteiger partial charge in [0.1, 0.15) is 5.75 Å². The predicted octanol–water partition coefficient (Wildman–Crippen LogP) is 3.19. The van der Waals surface area contributed by atoms with E-state index in [4.69, 9.17) is 22.1 Å². The Morgan fingerprint density at radius 3 is 2.79 bits per heavy atom. The molecule has 19 heavy (non-hydrogen) atoms. The number of ether oxygens (including phenoxy) is 1. The quantitative estimate of drug-likeness (QED) is 0.891. The van der Waals surface area contributed by atoms with E-state index in [-0.39, 0.29) is 5.92 Å². The highest BCUT2D eigenvalue weighted by atomic mass is 35.5. The topological polar surface area (TPSA) is 55.5 Å². The van der Waals surface area contributed by atoms with Crippen molar-refractivity contribution in [2.75, 3.05) is 13.7 Å². The third kappa shape index (κ3) is 3.09. The van der Waals surface area contributed by atoms with Gasteiger partial charge in [-0.2, -0.15) is 0 Å². The molecule has 1 aromatic heterocycles. The first-order valence-corrected chi connectivity index (χ1v) is 7.18. The van der Waals surface area contributed by atoms with E-state index in [1.807, 2.05) is 17.5 Å². The molecule has 0 spiro atoms. The summed E-state index contributed by atoms with van der Waals surface area (Å²) in [4.78, 5) is 1.06. The van der Waals surface area contributed by atoms with Gasteiger partial charge in [0.15, 0.2) is 0 Å². The lowest BCUT2D eigenvalue weighted by molar-refractivity contribution is 0.145. The van der Waals surface area contributed by atoms with Crippen LogP contribution in [0.25, 0.3) is 0 Å². The van der Waals surface area contributed by atoms with Gasteiger partial charge in [-0.3, -0.25) is 0 Å². The molecule has 3 N–H and O–H groups in total. The lowest BCUT2D eigenvalue weighted by Crippen LogP contribution is -2.19. The third-order valence-corrected chi connectivity index (χ3v) is 4.30. The summed E-state index contributed by atoms with van der Waals surface area (Å²) in [5, 5.41) is 13.1. The number of rotatable bonds is 5. The Hall–Kier alpha value is -1.07. The number of nitrogens with two attached hydrogens (primary N) is 1. The van der Waals surface area contributed by atoms with Crippen molar-refractivity contribution >= 4 is 22.9 Å². The van der Waals surface area contributed by atoms with Gasteiger partial charge in [-0.05, 0) is 23.6 Å². The average Bonchev–Trinajstić information content (AvgIpc) is 2.93. The summed E-state index contributed by atoms with van der Waals surface area (Å²) >= 11 is 7.52. The van der Waals surface area contributed by atoms with Crippen molar-refractivity contribution in [2.45, 2.75) is 12.0 Å². The van der Waals surface area contributed by atoms with Crippen molar-refractivity contribution < 1.29 is 9.84 Å². The highest BCUT2D eigenvalue weighted by Gasteiger charge is 2.25. The number of halogens is 1. The molecule has 0 bridgehead atoms. The van der Waals surface area contributed by atoms with Crippen LogP contribution in [-0.4, -0.2) is 18.8 Å². The van der Waals surface area contributed by atoms with Gasteiger partial charge in [0.25, 0.3) is 0 Å². The van der Waals surface area contributed by atoms with Crippen LogP contribution in [0.5, 0.6) is 5.75 Å². The molecule has 1 aromatic carbocycles. The molecule has 2 unspecified atom stereocenters. The second kappa shape index (κ2) is 6.39. The van der Waals surface area contributed by atoms with Crippen molar-refractivity contribution in [2.24, 2.45) is 5.73 Å². The summed E-state index contributed by atoms with van der Waals surface area (Å²) in [6.45, 7) is 0.369. The molecule has 2 rings (SSSR count). The predicted molar refractivity (Wildman–Crippen MR) is 79.1 cm³/mol. The van der Waals surface area contributed by atoms with E-state index in [1.165, 1.54) is 0 Å². The summed E-state index contributed by atoms with van der Waals surface area (Å²) in [7, 11) is 1.56. The molecule has 1 heterocycles. The average molecular weight is 298 g/mol. The molecule has 0 saturated carbocycles. The van der Waals surface area contributed by atoms with E-state index in [1.54, 1.807) is 36.6 Å². The van der Waals surface area contributed by atoms with Crippen molar-refractivity contribution in [3.05, 3.63) is 51.2 Å². The van der Waals surface area contributed by atoms with Crippen LogP contribution in [0.4, 0.5) is 0 Å². The standard InChI is InChI=1S/C14H16ClNO2S/c1-18-12-7-9(15)4-5-10(12)14(17)11(8-16)13-3-2-6-19-13/h2-7,11,14,17H,8,16H2,1H3.